The van der Waals surface area contributed by atoms with Gasteiger partial charge in [0.15, 0.2) is 0 Å². The number of rotatable bonds is 5. The monoisotopic (exact) mass is 436 g/mol. The predicted octanol–water partition coefficient (Wildman–Crippen LogP) is 3.38. The van der Waals surface area contributed by atoms with Crippen LogP contribution in [0.3, 0.4) is 0 Å². The summed E-state index contributed by atoms with van der Waals surface area (Å²) in [4.78, 5) is 26.5. The summed E-state index contributed by atoms with van der Waals surface area (Å²) in [7, 11) is 5.70. The molecule has 168 valence electrons. The molecule has 1 amide bonds. The second-order valence-electron chi connectivity index (χ2n) is 9.14. The van der Waals surface area contributed by atoms with E-state index in [2.05, 4.69) is 10.1 Å². The third-order valence-corrected chi connectivity index (χ3v) is 6.16. The Kier molecular flexibility index (Phi) is 5.71. The first kappa shape index (κ1) is 21.9. The largest absolute Gasteiger partial charge is 0.347 e. The third kappa shape index (κ3) is 4.09. The van der Waals surface area contributed by atoms with Gasteiger partial charge in [0.05, 0.1) is 17.3 Å². The van der Waals surface area contributed by atoms with Crippen LogP contribution in [0.25, 0.3) is 11.1 Å². The molecule has 2 aromatic heterocycles. The molecule has 0 saturated carbocycles. The molecule has 3 aromatic rings. The lowest BCUT2D eigenvalue weighted by molar-refractivity contribution is -0.135. The highest BCUT2D eigenvalue weighted by Crippen LogP contribution is 2.36. The Morgan fingerprint density at radius 3 is 2.69 bits per heavy atom. The highest BCUT2D eigenvalue weighted by Gasteiger charge is 2.38. The van der Waals surface area contributed by atoms with Crippen LogP contribution in [0.2, 0.25) is 0 Å². The van der Waals surface area contributed by atoms with Gasteiger partial charge in [-0.1, -0.05) is 12.1 Å². The van der Waals surface area contributed by atoms with E-state index in [0.717, 1.165) is 23.2 Å². The molecule has 0 aliphatic carbocycles. The Hall–Kier alpha value is -3.29. The topological polar surface area (TPSA) is 67.2 Å². The maximum Gasteiger partial charge on any atom is 0.232 e. The number of benzene rings is 1. The minimum absolute atomic E-state index is 0.00424. The van der Waals surface area contributed by atoms with E-state index in [0.29, 0.717) is 24.6 Å². The van der Waals surface area contributed by atoms with Crippen LogP contribution in [-0.2, 0) is 17.3 Å². The first-order valence-electron chi connectivity index (χ1n) is 10.8. The van der Waals surface area contributed by atoms with Crippen LogP contribution in [0.4, 0.5) is 10.3 Å². The fourth-order valence-electron chi connectivity index (χ4n) is 4.26. The van der Waals surface area contributed by atoms with Crippen LogP contribution in [0, 0.1) is 5.82 Å². The molecule has 1 aliphatic heterocycles. The van der Waals surface area contributed by atoms with Gasteiger partial charge in [-0.3, -0.25) is 9.48 Å². The molecule has 7 nitrogen and oxygen atoms in total. The number of anilines is 1. The van der Waals surface area contributed by atoms with Gasteiger partial charge in [0.2, 0.25) is 11.9 Å². The minimum Gasteiger partial charge on any atom is -0.347 e. The number of aryl methyl sites for hydroxylation is 1. The van der Waals surface area contributed by atoms with Crippen molar-refractivity contribution in [2.75, 3.05) is 32.1 Å². The van der Waals surface area contributed by atoms with Crippen LogP contribution in [0.15, 0.2) is 42.9 Å². The zero-order valence-electron chi connectivity index (χ0n) is 19.2. The van der Waals surface area contributed by atoms with Crippen molar-refractivity contribution in [3.8, 4) is 11.1 Å². The summed E-state index contributed by atoms with van der Waals surface area (Å²) in [5, 5.41) is 4.29. The standard InChI is InChI=1S/C24H29FN6O/c1-24(2,18-7-6-8-19(25)11-18)22(32)31-10-9-16(15-31)21-20(17-12-27-30(5)14-17)13-26-23(28-21)29(3)4/h6-8,11-14,16H,9-10,15H2,1-5H3/t16-/m0/s1. The van der Waals surface area contributed by atoms with E-state index in [1.54, 1.807) is 10.7 Å². The summed E-state index contributed by atoms with van der Waals surface area (Å²) in [5.74, 6) is 0.382. The lowest BCUT2D eigenvalue weighted by Crippen LogP contribution is -2.42. The second kappa shape index (κ2) is 8.33. The summed E-state index contributed by atoms with van der Waals surface area (Å²) >= 11 is 0. The van der Waals surface area contributed by atoms with Crippen molar-refractivity contribution in [1.29, 1.82) is 0 Å². The first-order chi connectivity index (χ1) is 15.2. The zero-order valence-corrected chi connectivity index (χ0v) is 19.2. The summed E-state index contributed by atoms with van der Waals surface area (Å²) in [5.41, 5.74) is 2.68. The average Bonchev–Trinajstić information content (AvgIpc) is 3.42. The Bertz CT molecular complexity index is 1140. The van der Waals surface area contributed by atoms with Crippen LogP contribution < -0.4 is 4.90 Å². The van der Waals surface area contributed by atoms with E-state index < -0.39 is 5.41 Å². The van der Waals surface area contributed by atoms with E-state index >= 15 is 0 Å². The van der Waals surface area contributed by atoms with Crippen LogP contribution in [0.1, 0.15) is 37.4 Å². The highest BCUT2D eigenvalue weighted by molar-refractivity contribution is 5.87. The number of amides is 1. The molecule has 32 heavy (non-hydrogen) atoms. The maximum absolute atomic E-state index is 13.8. The van der Waals surface area contributed by atoms with Gasteiger partial charge in [0.1, 0.15) is 5.82 Å². The van der Waals surface area contributed by atoms with Gasteiger partial charge in [-0.25, -0.2) is 14.4 Å². The number of hydrogen-bond donors (Lipinski definition) is 0. The van der Waals surface area contributed by atoms with Crippen molar-refractivity contribution < 1.29 is 9.18 Å². The SMILES string of the molecule is CN(C)c1ncc(-c2cnn(C)c2)c([C@H]2CCN(C(=O)C(C)(C)c3cccc(F)c3)C2)n1. The van der Waals surface area contributed by atoms with Crippen LogP contribution in [-0.4, -0.2) is 57.7 Å². The number of carbonyl (C=O) groups is 1. The predicted molar refractivity (Wildman–Crippen MR) is 122 cm³/mol. The molecule has 1 atom stereocenters. The van der Waals surface area contributed by atoms with Gasteiger partial charge in [-0.2, -0.15) is 5.10 Å². The van der Waals surface area contributed by atoms with E-state index in [1.807, 2.05) is 69.4 Å². The molecule has 0 unspecified atom stereocenters. The fourth-order valence-corrected chi connectivity index (χ4v) is 4.26. The number of nitrogens with zero attached hydrogens (tertiary/aromatic N) is 6. The van der Waals surface area contributed by atoms with E-state index in [9.17, 15) is 9.18 Å². The zero-order chi connectivity index (χ0) is 23.0. The quantitative estimate of drug-likeness (QED) is 0.614. The molecule has 8 heteroatoms. The van der Waals surface area contributed by atoms with Gasteiger partial charge in [-0.05, 0) is 38.0 Å². The van der Waals surface area contributed by atoms with Gasteiger partial charge < -0.3 is 9.80 Å². The molecule has 1 fully saturated rings. The normalized spacial score (nSPS) is 16.4. The molecular formula is C24H29FN6O. The third-order valence-electron chi connectivity index (χ3n) is 6.16. The first-order valence-corrected chi connectivity index (χ1v) is 10.8. The Labute approximate surface area is 187 Å². The van der Waals surface area contributed by atoms with Crippen molar-refractivity contribution >= 4 is 11.9 Å². The lowest BCUT2D eigenvalue weighted by atomic mass is 9.83. The smallest absolute Gasteiger partial charge is 0.232 e. The van der Waals surface area contributed by atoms with Gasteiger partial charge in [-0.15, -0.1) is 0 Å². The van der Waals surface area contributed by atoms with Gasteiger partial charge >= 0.3 is 0 Å². The van der Waals surface area contributed by atoms with Crippen molar-refractivity contribution in [3.63, 3.8) is 0 Å². The Morgan fingerprint density at radius 2 is 2.03 bits per heavy atom. The van der Waals surface area contributed by atoms with Crippen molar-refractivity contribution in [3.05, 3.63) is 59.9 Å². The molecule has 0 spiro atoms. The maximum atomic E-state index is 13.8. The van der Waals surface area contributed by atoms with E-state index in [4.69, 9.17) is 4.98 Å². The number of aromatic nitrogens is 4. The Morgan fingerprint density at radius 1 is 1.25 bits per heavy atom. The molecule has 3 heterocycles. The van der Waals surface area contributed by atoms with E-state index in [1.165, 1.54) is 12.1 Å². The molecule has 1 aliphatic rings. The van der Waals surface area contributed by atoms with Crippen molar-refractivity contribution in [2.24, 2.45) is 7.05 Å². The average molecular weight is 437 g/mol. The van der Waals surface area contributed by atoms with Crippen LogP contribution in [0.5, 0.6) is 0 Å². The van der Waals surface area contributed by atoms with Gasteiger partial charge in [0, 0.05) is 63.7 Å². The molecule has 1 aromatic carbocycles. The Balaban J connectivity index is 1.62. The fraction of sp³-hybridized carbons (Fsp3) is 0.417. The molecule has 1 saturated heterocycles. The number of carbonyl (C=O) groups excluding carboxylic acids is 1. The minimum atomic E-state index is -0.816. The lowest BCUT2D eigenvalue weighted by Gasteiger charge is -2.30. The highest BCUT2D eigenvalue weighted by atomic mass is 19.1. The number of likely N-dealkylation sites (tertiary alicyclic amines) is 1. The number of halogens is 1. The summed E-state index contributed by atoms with van der Waals surface area (Å²) in [6.45, 7) is 4.91. The molecular weight excluding hydrogens is 407 g/mol. The molecule has 0 radical (unpaired) electrons. The molecule has 0 N–H and O–H groups in total. The van der Waals surface area contributed by atoms with Crippen LogP contribution >= 0.6 is 0 Å². The summed E-state index contributed by atoms with van der Waals surface area (Å²) in [6.07, 6.45) is 6.41. The van der Waals surface area contributed by atoms with Crippen molar-refractivity contribution in [2.45, 2.75) is 31.6 Å². The molecule has 0 bridgehead atoms. The van der Waals surface area contributed by atoms with Gasteiger partial charge in [0.25, 0.3) is 0 Å². The number of hydrogen-bond acceptors (Lipinski definition) is 5. The summed E-state index contributed by atoms with van der Waals surface area (Å²) < 4.78 is 15.5. The second-order valence-corrected chi connectivity index (χ2v) is 9.14. The molecule has 4 rings (SSSR count). The summed E-state index contributed by atoms with van der Waals surface area (Å²) in [6, 6.07) is 6.30. The van der Waals surface area contributed by atoms with Crippen molar-refractivity contribution in [1.82, 2.24) is 24.6 Å². The van der Waals surface area contributed by atoms with E-state index in [-0.39, 0.29) is 17.6 Å².